The topological polar surface area (TPSA) is 250 Å². The molecule has 4 aliphatic carbocycles. The number of ketones is 1. The monoisotopic (exact) mass is 1060 g/mol. The van der Waals surface area contributed by atoms with E-state index >= 15 is 0 Å². The molecule has 18 nitrogen and oxygen atoms in total. The number of Topliss-reactive ketones (excluding diaryl/α,β-unsaturated/α-hetero) is 1. The first-order chi connectivity index (χ1) is 34.8. The van der Waals surface area contributed by atoms with E-state index in [1.807, 2.05) is 0 Å². The van der Waals surface area contributed by atoms with Crippen molar-refractivity contribution in [2.24, 2.45) is 52.3 Å². The molecule has 4 aliphatic heterocycles. The van der Waals surface area contributed by atoms with Gasteiger partial charge < -0.3 is 63.4 Å². The smallest absolute Gasteiger partial charge is 0.411 e. The van der Waals surface area contributed by atoms with Crippen LogP contribution in [-0.4, -0.2) is 143 Å². The maximum atomic E-state index is 14.7. The van der Waals surface area contributed by atoms with Crippen LogP contribution in [-0.2, 0) is 42.7 Å². The van der Waals surface area contributed by atoms with Crippen LogP contribution in [0.2, 0.25) is 10.0 Å². The van der Waals surface area contributed by atoms with Gasteiger partial charge in [-0.2, -0.15) is 0 Å². The largest absolute Gasteiger partial charge is 0.446 e. The molecule has 4 saturated heterocycles. The molecule has 8 aliphatic rings. The van der Waals surface area contributed by atoms with Gasteiger partial charge in [-0.15, -0.1) is 0 Å². The average molecular weight is 1060 g/mol. The van der Waals surface area contributed by atoms with Crippen LogP contribution in [0.5, 0.6) is 0 Å². The predicted molar refractivity (Wildman–Crippen MR) is 262 cm³/mol. The normalized spacial score (nSPS) is 45.1. The number of amides is 2. The second kappa shape index (κ2) is 21.0. The third-order valence-electron chi connectivity index (χ3n) is 18.4. The predicted octanol–water partition coefficient (Wildman–Crippen LogP) is 6.44. The van der Waals surface area contributed by atoms with Crippen LogP contribution < -0.4 is 10.6 Å². The molecule has 8 fully saturated rings. The molecule has 1 spiro atoms. The first-order valence-electron chi connectivity index (χ1n) is 26.0. The van der Waals surface area contributed by atoms with Crippen LogP contribution in [0.4, 0.5) is 21.0 Å². The van der Waals surface area contributed by atoms with E-state index in [1.165, 1.54) is 0 Å². The van der Waals surface area contributed by atoms with E-state index in [0.29, 0.717) is 71.3 Å². The van der Waals surface area contributed by atoms with E-state index in [1.54, 1.807) is 48.5 Å². The van der Waals surface area contributed by atoms with Crippen molar-refractivity contribution >= 4 is 52.5 Å². The number of hydrogen-bond donors (Lipinski definition) is 7. The molecule has 22 atom stereocenters. The minimum atomic E-state index is -1.91. The number of benzene rings is 2. The fourth-order valence-corrected chi connectivity index (χ4v) is 15.0. The lowest BCUT2D eigenvalue weighted by Gasteiger charge is -2.60. The van der Waals surface area contributed by atoms with Gasteiger partial charge in [-0.3, -0.25) is 15.4 Å². The van der Waals surface area contributed by atoms with Crippen LogP contribution in [0.1, 0.15) is 85.5 Å². The number of halogens is 2. The molecule has 0 aromatic heterocycles. The lowest BCUT2D eigenvalue weighted by atomic mass is 9.44. The van der Waals surface area contributed by atoms with Crippen LogP contribution in [0.25, 0.3) is 0 Å². The summed E-state index contributed by atoms with van der Waals surface area (Å²) in [6.45, 7) is 8.66. The molecule has 2 aromatic carbocycles. The summed E-state index contributed by atoms with van der Waals surface area (Å²) in [5.74, 6) is 1.43. The summed E-state index contributed by atoms with van der Waals surface area (Å²) < 4.78 is 49.0. The highest BCUT2D eigenvalue weighted by Gasteiger charge is 2.71. The van der Waals surface area contributed by atoms with E-state index in [4.69, 9.17) is 61.1 Å². The molecule has 4 saturated carbocycles. The van der Waals surface area contributed by atoms with Crippen LogP contribution in [0, 0.1) is 52.3 Å². The highest BCUT2D eigenvalue weighted by atomic mass is 35.5. The van der Waals surface area contributed by atoms with Crippen LogP contribution in [0.3, 0.4) is 0 Å². The molecule has 402 valence electrons. The molecule has 10 rings (SSSR count). The summed E-state index contributed by atoms with van der Waals surface area (Å²) in [6.07, 6.45) is -11.7. The Morgan fingerprint density at radius 3 is 1.95 bits per heavy atom. The standard InChI is InChI=1S/C53H70Cl2N2O16/c1-25-15-18-53(68-22-25)26(2)39-36(73-53)20-34-33-14-5-27-19-32(16-17-51(27,3)40(33)35(58)21-52(34,39)4)69-47-45(63)43(61)46(38(71-47)24-67-50(65)57-31-12-8-29(55)9-13-31)72-48-44(62)42(60)41(59)37(70-48)23-66-49(64)56-30-10-6-28(54)7-11-30/h6-13,25-27,32-34,36-48,59-63H,5,14-24H2,1-4H3,(H,56,64)(H,57,65)/t25-,26+,27+,32+,33+,34+,36+,37-,38-,39+,40-,41-,42+,43-,44-,45-,46-,47-,48+,51+,52+,53-/m1/s1. The number of carbonyl (C=O) groups is 3. The second-order valence-electron chi connectivity index (χ2n) is 22.8. The van der Waals surface area contributed by atoms with Crippen molar-refractivity contribution in [2.45, 2.75) is 165 Å². The fourth-order valence-electron chi connectivity index (χ4n) is 14.7. The summed E-state index contributed by atoms with van der Waals surface area (Å²) in [7, 11) is 0. The quantitative estimate of drug-likeness (QED) is 0.127. The number of rotatable bonds is 10. The number of carbonyl (C=O) groups excluding carboxylic acids is 3. The minimum absolute atomic E-state index is 0.0757. The highest BCUT2D eigenvalue weighted by Crippen LogP contribution is 2.70. The number of nitrogens with one attached hydrogen (secondary N) is 2. The Labute approximate surface area is 434 Å². The molecule has 0 bridgehead atoms. The third kappa shape index (κ3) is 10.2. The SMILES string of the molecule is C[C@@H]1CC[C@@]2(OC1)O[C@H]1C[C@H]3[C@@H]4CC[C@H]5C[C@@H](O[C@@H]6O[C@H](COC(=O)Nc7ccc(Cl)cc7)[C@@H](O[C@@H]7O[C@H](COC(=O)Nc8ccc(Cl)cc8)[C@@H](O)[C@H](O)[C@H]7O)[C@H](O)[C@H]6O)CC[C@]5(C)[C@H]4C(=O)C[C@]3(C)[C@H]1[C@@H]2C. The van der Waals surface area contributed by atoms with Gasteiger partial charge in [-0.05, 0) is 134 Å². The number of aliphatic hydroxyl groups is 5. The summed E-state index contributed by atoms with van der Waals surface area (Å²) in [5.41, 5.74) is 0.310. The Morgan fingerprint density at radius 2 is 1.32 bits per heavy atom. The van der Waals surface area contributed by atoms with E-state index in [2.05, 4.69) is 38.3 Å². The lowest BCUT2D eigenvalue weighted by Crippen LogP contribution is -2.65. The van der Waals surface area contributed by atoms with Crippen molar-refractivity contribution in [3.63, 3.8) is 0 Å². The zero-order valence-corrected chi connectivity index (χ0v) is 43.1. The van der Waals surface area contributed by atoms with Crippen molar-refractivity contribution in [1.29, 1.82) is 0 Å². The van der Waals surface area contributed by atoms with Crippen molar-refractivity contribution in [3.05, 3.63) is 58.6 Å². The molecule has 2 aromatic rings. The van der Waals surface area contributed by atoms with Crippen molar-refractivity contribution < 1.29 is 77.8 Å². The van der Waals surface area contributed by atoms with Crippen molar-refractivity contribution in [3.8, 4) is 0 Å². The van der Waals surface area contributed by atoms with E-state index in [0.717, 1.165) is 32.1 Å². The van der Waals surface area contributed by atoms with E-state index < -0.39 is 98.7 Å². The Balaban J connectivity index is 0.803. The Morgan fingerprint density at radius 1 is 0.712 bits per heavy atom. The van der Waals surface area contributed by atoms with Gasteiger partial charge in [-0.25, -0.2) is 9.59 Å². The fraction of sp³-hybridized carbons (Fsp3) is 0.717. The maximum Gasteiger partial charge on any atom is 0.411 e. The summed E-state index contributed by atoms with van der Waals surface area (Å²) in [5, 5.41) is 62.3. The summed E-state index contributed by atoms with van der Waals surface area (Å²) in [6, 6.07) is 12.5. The highest BCUT2D eigenvalue weighted by molar-refractivity contribution is 6.31. The molecule has 2 amide bonds. The summed E-state index contributed by atoms with van der Waals surface area (Å²) >= 11 is 12.0. The van der Waals surface area contributed by atoms with Crippen molar-refractivity contribution in [2.75, 3.05) is 30.5 Å². The van der Waals surface area contributed by atoms with Gasteiger partial charge in [0.1, 0.15) is 67.8 Å². The van der Waals surface area contributed by atoms with Gasteiger partial charge in [0.2, 0.25) is 0 Å². The van der Waals surface area contributed by atoms with Crippen LogP contribution in [0.15, 0.2) is 48.5 Å². The first-order valence-corrected chi connectivity index (χ1v) is 26.8. The zero-order chi connectivity index (χ0) is 51.7. The number of hydrogen-bond acceptors (Lipinski definition) is 16. The molecule has 20 heteroatoms. The zero-order valence-electron chi connectivity index (χ0n) is 41.6. The Kier molecular flexibility index (Phi) is 15.3. The number of anilines is 2. The molecule has 73 heavy (non-hydrogen) atoms. The number of fused-ring (bicyclic) bond motifs is 7. The lowest BCUT2D eigenvalue weighted by molar-refractivity contribution is -0.363. The minimum Gasteiger partial charge on any atom is -0.446 e. The van der Waals surface area contributed by atoms with Gasteiger partial charge in [0.15, 0.2) is 18.4 Å². The van der Waals surface area contributed by atoms with Crippen LogP contribution >= 0.6 is 23.2 Å². The van der Waals surface area contributed by atoms with Gasteiger partial charge in [0.05, 0.1) is 18.8 Å². The van der Waals surface area contributed by atoms with E-state index in [9.17, 15) is 39.9 Å². The number of aliphatic hydroxyl groups excluding tert-OH is 5. The maximum absolute atomic E-state index is 14.7. The van der Waals surface area contributed by atoms with Gasteiger partial charge >= 0.3 is 12.2 Å². The summed E-state index contributed by atoms with van der Waals surface area (Å²) in [4.78, 5) is 40.5. The van der Waals surface area contributed by atoms with Crippen molar-refractivity contribution in [1.82, 2.24) is 0 Å². The molecule has 0 radical (unpaired) electrons. The first kappa shape index (κ1) is 53.2. The molecular formula is C53H70Cl2N2O16. The van der Waals surface area contributed by atoms with Gasteiger partial charge in [0, 0.05) is 46.1 Å². The Hall–Kier alpha value is -3.21. The molecular weight excluding hydrogens is 991 g/mol. The average Bonchev–Trinajstić information content (AvgIpc) is 3.80. The van der Waals surface area contributed by atoms with Gasteiger partial charge in [-0.1, -0.05) is 50.9 Å². The Bertz CT molecular complexity index is 2310. The third-order valence-corrected chi connectivity index (χ3v) is 18.9. The van der Waals surface area contributed by atoms with Gasteiger partial charge in [0.25, 0.3) is 0 Å². The second-order valence-corrected chi connectivity index (χ2v) is 23.7. The molecule has 7 N–H and O–H groups in total. The molecule has 4 heterocycles. The number of ether oxygens (including phenoxy) is 8. The van der Waals surface area contributed by atoms with E-state index in [-0.39, 0.29) is 46.5 Å². The molecule has 0 unspecified atom stereocenters.